The summed E-state index contributed by atoms with van der Waals surface area (Å²) in [6, 6.07) is 4.66. The summed E-state index contributed by atoms with van der Waals surface area (Å²) in [7, 11) is 2.10. The Morgan fingerprint density at radius 2 is 1.94 bits per heavy atom. The largest absolute Gasteiger partial charge is 0.357 e. The molecule has 0 fully saturated rings. The van der Waals surface area contributed by atoms with Crippen molar-refractivity contribution < 1.29 is 0 Å². The molecule has 1 aromatic heterocycles. The van der Waals surface area contributed by atoms with Gasteiger partial charge in [0.15, 0.2) is 0 Å². The van der Waals surface area contributed by atoms with E-state index in [1.54, 1.807) is 0 Å². The van der Waals surface area contributed by atoms with Crippen molar-refractivity contribution in [2.45, 2.75) is 46.7 Å². The van der Waals surface area contributed by atoms with Crippen LogP contribution in [-0.4, -0.2) is 18.1 Å². The molecule has 0 radical (unpaired) electrons. The first kappa shape index (κ1) is 14.0. The zero-order chi connectivity index (χ0) is 13.0. The molecule has 0 amide bonds. The Morgan fingerprint density at radius 1 is 1.29 bits per heavy atom. The van der Waals surface area contributed by atoms with Gasteiger partial charge < -0.3 is 10.6 Å². The highest BCUT2D eigenvalue weighted by Gasteiger charge is 2.15. The smallest absolute Gasteiger partial charge is 0.129 e. The van der Waals surface area contributed by atoms with E-state index >= 15 is 0 Å². The second-order valence-electron chi connectivity index (χ2n) is 4.98. The molecule has 96 valence electrons. The Kier molecular flexibility index (Phi) is 4.94. The van der Waals surface area contributed by atoms with Gasteiger partial charge in [-0.15, -0.1) is 0 Å². The van der Waals surface area contributed by atoms with Crippen LogP contribution >= 0.6 is 0 Å². The summed E-state index contributed by atoms with van der Waals surface area (Å²) in [5.41, 5.74) is 8.01. The number of nitrogens with zero attached hydrogens (tertiary/aromatic N) is 2. The SMILES string of the molecule is CCc1cc(CN)cc(N(C)C(C)C(C)C)n1. The highest BCUT2D eigenvalue weighted by molar-refractivity contribution is 5.43. The van der Waals surface area contributed by atoms with E-state index in [4.69, 9.17) is 5.73 Å². The van der Waals surface area contributed by atoms with E-state index in [0.717, 1.165) is 23.5 Å². The van der Waals surface area contributed by atoms with Crippen LogP contribution < -0.4 is 10.6 Å². The molecule has 0 aliphatic heterocycles. The number of pyridine rings is 1. The van der Waals surface area contributed by atoms with Crippen molar-refractivity contribution in [1.29, 1.82) is 0 Å². The summed E-state index contributed by atoms with van der Waals surface area (Å²) in [6.07, 6.45) is 0.949. The average Bonchev–Trinajstić information content (AvgIpc) is 2.35. The normalized spacial score (nSPS) is 12.9. The van der Waals surface area contributed by atoms with Crippen LogP contribution in [0.25, 0.3) is 0 Å². The van der Waals surface area contributed by atoms with E-state index in [1.807, 2.05) is 0 Å². The van der Waals surface area contributed by atoms with Gasteiger partial charge in [0.1, 0.15) is 5.82 Å². The fourth-order valence-electron chi connectivity index (χ4n) is 1.77. The molecule has 0 aliphatic rings. The number of aromatic nitrogens is 1. The molecule has 2 N–H and O–H groups in total. The van der Waals surface area contributed by atoms with E-state index in [-0.39, 0.29) is 0 Å². The van der Waals surface area contributed by atoms with Gasteiger partial charge in [-0.05, 0) is 37.0 Å². The van der Waals surface area contributed by atoms with Crippen molar-refractivity contribution >= 4 is 5.82 Å². The molecule has 0 saturated heterocycles. The minimum atomic E-state index is 0.472. The lowest BCUT2D eigenvalue weighted by Crippen LogP contribution is -2.34. The number of anilines is 1. The number of hydrogen-bond acceptors (Lipinski definition) is 3. The van der Waals surface area contributed by atoms with E-state index in [1.165, 1.54) is 0 Å². The molecule has 1 unspecified atom stereocenters. The van der Waals surface area contributed by atoms with Crippen molar-refractivity contribution in [3.63, 3.8) is 0 Å². The fraction of sp³-hybridized carbons (Fsp3) is 0.643. The second-order valence-corrected chi connectivity index (χ2v) is 4.98. The van der Waals surface area contributed by atoms with Crippen molar-refractivity contribution in [3.8, 4) is 0 Å². The Hall–Kier alpha value is -1.09. The third kappa shape index (κ3) is 3.43. The molecular weight excluding hydrogens is 210 g/mol. The Balaban J connectivity index is 3.03. The van der Waals surface area contributed by atoms with Crippen LogP contribution in [-0.2, 0) is 13.0 Å². The van der Waals surface area contributed by atoms with Gasteiger partial charge >= 0.3 is 0 Å². The molecule has 0 aliphatic carbocycles. The molecular formula is C14H25N3. The lowest BCUT2D eigenvalue weighted by Gasteiger charge is -2.29. The third-order valence-corrected chi connectivity index (χ3v) is 3.46. The number of rotatable bonds is 5. The van der Waals surface area contributed by atoms with Crippen LogP contribution in [0.2, 0.25) is 0 Å². The van der Waals surface area contributed by atoms with Gasteiger partial charge in [-0.3, -0.25) is 0 Å². The predicted octanol–water partition coefficient (Wildman–Crippen LogP) is 2.58. The molecule has 0 aromatic carbocycles. The first-order valence-electron chi connectivity index (χ1n) is 6.42. The van der Waals surface area contributed by atoms with Crippen molar-refractivity contribution in [2.24, 2.45) is 11.7 Å². The molecule has 0 saturated carbocycles. The molecule has 1 aromatic rings. The summed E-state index contributed by atoms with van der Waals surface area (Å²) in [4.78, 5) is 6.91. The molecule has 1 heterocycles. The lowest BCUT2D eigenvalue weighted by atomic mass is 10.0. The molecule has 3 nitrogen and oxygen atoms in total. The van der Waals surface area contributed by atoms with Crippen LogP contribution in [0.1, 0.15) is 39.0 Å². The molecule has 17 heavy (non-hydrogen) atoms. The maximum atomic E-state index is 5.73. The van der Waals surface area contributed by atoms with Crippen LogP contribution in [0.4, 0.5) is 5.82 Å². The Morgan fingerprint density at radius 3 is 2.41 bits per heavy atom. The van der Waals surface area contributed by atoms with Crippen LogP contribution in [0, 0.1) is 5.92 Å². The van der Waals surface area contributed by atoms with Crippen LogP contribution in [0.3, 0.4) is 0 Å². The highest BCUT2D eigenvalue weighted by Crippen LogP contribution is 2.19. The van der Waals surface area contributed by atoms with Crippen molar-refractivity contribution in [2.75, 3.05) is 11.9 Å². The summed E-state index contributed by atoms with van der Waals surface area (Å²) in [5.74, 6) is 1.64. The standard InChI is InChI=1S/C14H25N3/c1-6-13-7-12(9-15)8-14(16-13)17(5)11(4)10(2)3/h7-8,10-11H,6,9,15H2,1-5H3. The lowest BCUT2D eigenvalue weighted by molar-refractivity contribution is 0.502. The topological polar surface area (TPSA) is 42.1 Å². The maximum absolute atomic E-state index is 5.73. The van der Waals surface area contributed by atoms with Gasteiger partial charge in [-0.2, -0.15) is 0 Å². The fourth-order valence-corrected chi connectivity index (χ4v) is 1.77. The summed E-state index contributed by atoms with van der Waals surface area (Å²) in [5, 5.41) is 0. The second kappa shape index (κ2) is 6.01. The molecule has 0 spiro atoms. The van der Waals surface area contributed by atoms with E-state index in [9.17, 15) is 0 Å². The van der Waals surface area contributed by atoms with E-state index < -0.39 is 0 Å². The summed E-state index contributed by atoms with van der Waals surface area (Å²) in [6.45, 7) is 9.39. The third-order valence-electron chi connectivity index (χ3n) is 3.46. The van der Waals surface area contributed by atoms with Gasteiger partial charge in [0.2, 0.25) is 0 Å². The monoisotopic (exact) mass is 235 g/mol. The predicted molar refractivity (Wildman–Crippen MR) is 74.2 cm³/mol. The number of nitrogens with two attached hydrogens (primary N) is 1. The zero-order valence-electron chi connectivity index (χ0n) is 11.7. The zero-order valence-corrected chi connectivity index (χ0v) is 11.7. The van der Waals surface area contributed by atoms with Gasteiger partial charge in [-0.1, -0.05) is 20.8 Å². The van der Waals surface area contributed by atoms with E-state index in [0.29, 0.717) is 18.5 Å². The Labute approximate surface area is 105 Å². The first-order valence-corrected chi connectivity index (χ1v) is 6.42. The van der Waals surface area contributed by atoms with Crippen LogP contribution in [0.15, 0.2) is 12.1 Å². The van der Waals surface area contributed by atoms with Gasteiger partial charge in [0.05, 0.1) is 0 Å². The van der Waals surface area contributed by atoms with Crippen LogP contribution in [0.5, 0.6) is 0 Å². The number of hydrogen-bond donors (Lipinski definition) is 1. The molecule has 0 bridgehead atoms. The highest BCUT2D eigenvalue weighted by atomic mass is 15.2. The van der Waals surface area contributed by atoms with Gasteiger partial charge in [-0.25, -0.2) is 4.98 Å². The molecule has 3 heteroatoms. The molecule has 1 rings (SSSR count). The van der Waals surface area contributed by atoms with Crippen molar-refractivity contribution in [3.05, 3.63) is 23.4 Å². The van der Waals surface area contributed by atoms with Crippen molar-refractivity contribution in [1.82, 2.24) is 4.98 Å². The van der Waals surface area contributed by atoms with Gasteiger partial charge in [0, 0.05) is 25.3 Å². The summed E-state index contributed by atoms with van der Waals surface area (Å²) >= 11 is 0. The number of aryl methyl sites for hydroxylation is 1. The first-order chi connectivity index (χ1) is 7.99. The summed E-state index contributed by atoms with van der Waals surface area (Å²) < 4.78 is 0. The average molecular weight is 235 g/mol. The maximum Gasteiger partial charge on any atom is 0.129 e. The quantitative estimate of drug-likeness (QED) is 0.853. The minimum Gasteiger partial charge on any atom is -0.357 e. The van der Waals surface area contributed by atoms with Gasteiger partial charge in [0.25, 0.3) is 0 Å². The minimum absolute atomic E-state index is 0.472. The molecule has 1 atom stereocenters. The Bertz CT molecular complexity index is 338. The van der Waals surface area contributed by atoms with E-state index in [2.05, 4.69) is 56.8 Å².